The van der Waals surface area contributed by atoms with Crippen LogP contribution in [0.5, 0.6) is 5.75 Å². The van der Waals surface area contributed by atoms with Crippen LogP contribution >= 0.6 is 23.1 Å². The van der Waals surface area contributed by atoms with Crippen LogP contribution in [0.3, 0.4) is 0 Å². The Morgan fingerprint density at radius 3 is 2.68 bits per heavy atom. The molecule has 34 heavy (non-hydrogen) atoms. The second-order valence-corrected chi connectivity index (χ2v) is 9.23. The molecule has 1 N–H and O–H groups in total. The molecule has 7 nitrogen and oxygen atoms in total. The van der Waals surface area contributed by atoms with E-state index in [-0.39, 0.29) is 28.6 Å². The zero-order valence-electron chi connectivity index (χ0n) is 18.7. The number of aryl methyl sites for hydroxylation is 1. The summed E-state index contributed by atoms with van der Waals surface area (Å²) >= 11 is 2.50. The van der Waals surface area contributed by atoms with Crippen molar-refractivity contribution < 1.29 is 18.3 Å². The van der Waals surface area contributed by atoms with Gasteiger partial charge in [-0.2, -0.15) is 0 Å². The monoisotopic (exact) mass is 498 g/mol. The van der Waals surface area contributed by atoms with Gasteiger partial charge in [0.15, 0.2) is 11.2 Å². The van der Waals surface area contributed by atoms with Gasteiger partial charge in [-0.05, 0) is 43.2 Å². The van der Waals surface area contributed by atoms with Gasteiger partial charge >= 0.3 is 0 Å². The lowest BCUT2D eigenvalue weighted by Crippen LogP contribution is -2.13. The fourth-order valence-electron chi connectivity index (χ4n) is 3.09. The number of anilines is 1. The zero-order chi connectivity index (χ0) is 23.9. The second-order valence-electron chi connectivity index (χ2n) is 7.44. The van der Waals surface area contributed by atoms with Gasteiger partial charge in [0.1, 0.15) is 11.6 Å². The summed E-state index contributed by atoms with van der Waals surface area (Å²) in [4.78, 5) is 16.9. The zero-order valence-corrected chi connectivity index (χ0v) is 20.3. The van der Waals surface area contributed by atoms with Crippen molar-refractivity contribution in [1.29, 1.82) is 0 Å². The minimum absolute atomic E-state index is 0.0927. The number of benzene rings is 2. The minimum Gasteiger partial charge on any atom is -0.481 e. The molecule has 0 saturated heterocycles. The number of carbonyl (C=O) groups excluding carboxylic acids is 1. The van der Waals surface area contributed by atoms with Crippen molar-refractivity contribution >= 4 is 34.1 Å². The fraction of sp³-hybridized carbons (Fsp3) is 0.250. The Bertz CT molecular complexity index is 1230. The van der Waals surface area contributed by atoms with E-state index in [0.717, 1.165) is 35.9 Å². The topological polar surface area (TPSA) is 90.1 Å². The number of hydrogen-bond acceptors (Lipinski definition) is 8. The van der Waals surface area contributed by atoms with Gasteiger partial charge in [-0.15, -0.1) is 21.5 Å². The maximum atomic E-state index is 13.0. The lowest BCUT2D eigenvalue weighted by atomic mass is 10.1. The molecule has 1 atom stereocenters. The Kier molecular flexibility index (Phi) is 7.91. The van der Waals surface area contributed by atoms with Gasteiger partial charge in [0, 0.05) is 10.9 Å². The van der Waals surface area contributed by atoms with Crippen LogP contribution in [0.2, 0.25) is 0 Å². The van der Waals surface area contributed by atoms with Crippen molar-refractivity contribution in [3.63, 3.8) is 0 Å². The highest BCUT2D eigenvalue weighted by Crippen LogP contribution is 2.27. The first kappa shape index (κ1) is 23.9. The third-order valence-electron chi connectivity index (χ3n) is 4.76. The average Bonchev–Trinajstić information content (AvgIpc) is 3.50. The number of rotatable bonds is 10. The molecule has 2 heterocycles. The first-order valence-electron chi connectivity index (χ1n) is 10.7. The summed E-state index contributed by atoms with van der Waals surface area (Å²) in [6.45, 7) is 3.90. The fourth-order valence-corrected chi connectivity index (χ4v) is 4.39. The third-order valence-corrected chi connectivity index (χ3v) is 6.34. The Hall–Kier alpha value is -3.24. The number of thioether (sulfide) groups is 1. The van der Waals surface area contributed by atoms with E-state index in [1.54, 1.807) is 6.92 Å². The summed E-state index contributed by atoms with van der Waals surface area (Å²) < 4.78 is 24.3. The van der Waals surface area contributed by atoms with Crippen LogP contribution in [0.4, 0.5) is 9.52 Å². The van der Waals surface area contributed by atoms with Crippen molar-refractivity contribution in [2.75, 3.05) is 11.1 Å². The van der Waals surface area contributed by atoms with Crippen LogP contribution in [0, 0.1) is 5.82 Å². The lowest BCUT2D eigenvalue weighted by Gasteiger charge is -2.10. The van der Waals surface area contributed by atoms with Gasteiger partial charge in [-0.1, -0.05) is 49.4 Å². The van der Waals surface area contributed by atoms with Crippen LogP contribution < -0.4 is 10.1 Å². The summed E-state index contributed by atoms with van der Waals surface area (Å²) in [5.74, 6) is 0.279. The molecular weight excluding hydrogens is 475 g/mol. The number of nitrogens with one attached hydrogen (secondary N) is 1. The molecule has 4 aromatic rings. The number of nitrogens with zero attached hydrogens (tertiary/aromatic N) is 3. The van der Waals surface area contributed by atoms with E-state index in [1.165, 1.54) is 41.2 Å². The lowest BCUT2D eigenvalue weighted by molar-refractivity contribution is -0.113. The largest absolute Gasteiger partial charge is 0.481 e. The van der Waals surface area contributed by atoms with E-state index >= 15 is 0 Å². The van der Waals surface area contributed by atoms with Crippen LogP contribution in [0.1, 0.15) is 37.8 Å². The van der Waals surface area contributed by atoms with E-state index in [9.17, 15) is 9.18 Å². The van der Waals surface area contributed by atoms with E-state index < -0.39 is 6.10 Å². The highest BCUT2D eigenvalue weighted by molar-refractivity contribution is 7.99. The number of thiazole rings is 1. The Balaban J connectivity index is 1.27. The smallest absolute Gasteiger partial charge is 0.277 e. The first-order chi connectivity index (χ1) is 16.5. The predicted octanol–water partition coefficient (Wildman–Crippen LogP) is 6.16. The van der Waals surface area contributed by atoms with E-state index in [1.807, 2.05) is 5.38 Å². The normalized spacial score (nSPS) is 11.9. The molecule has 1 amide bonds. The highest BCUT2D eigenvalue weighted by Gasteiger charge is 2.17. The second kappa shape index (κ2) is 11.3. The highest BCUT2D eigenvalue weighted by atomic mass is 32.2. The van der Waals surface area contributed by atoms with Crippen molar-refractivity contribution in [3.8, 4) is 17.0 Å². The third kappa shape index (κ3) is 6.42. The molecular formula is C24H23FN4O3S2. The first-order valence-corrected chi connectivity index (χ1v) is 12.6. The van der Waals surface area contributed by atoms with Gasteiger partial charge in [-0.25, -0.2) is 9.37 Å². The van der Waals surface area contributed by atoms with Crippen LogP contribution in [0.25, 0.3) is 11.3 Å². The predicted molar refractivity (Wildman–Crippen MR) is 131 cm³/mol. The number of aromatic nitrogens is 3. The van der Waals surface area contributed by atoms with Gasteiger partial charge in [0.2, 0.25) is 5.91 Å². The van der Waals surface area contributed by atoms with Crippen molar-refractivity contribution in [3.05, 3.63) is 71.2 Å². The minimum atomic E-state index is -0.522. The molecule has 0 aliphatic rings. The van der Waals surface area contributed by atoms with Crippen LogP contribution in [-0.2, 0) is 11.2 Å². The van der Waals surface area contributed by atoms with E-state index in [2.05, 4.69) is 51.7 Å². The Morgan fingerprint density at radius 1 is 1.18 bits per heavy atom. The molecule has 0 unspecified atom stereocenters. The molecule has 0 bridgehead atoms. The maximum Gasteiger partial charge on any atom is 0.277 e. The molecule has 176 valence electrons. The number of amides is 1. The Labute approximate surface area is 204 Å². The van der Waals surface area contributed by atoms with Crippen molar-refractivity contribution in [1.82, 2.24) is 15.2 Å². The molecule has 0 aliphatic carbocycles. The van der Waals surface area contributed by atoms with Crippen LogP contribution in [0.15, 0.2) is 63.6 Å². The number of ether oxygens (including phenoxy) is 1. The van der Waals surface area contributed by atoms with E-state index in [4.69, 9.17) is 9.15 Å². The summed E-state index contributed by atoms with van der Waals surface area (Å²) in [5.41, 5.74) is 3.14. The average molecular weight is 499 g/mol. The molecule has 0 fully saturated rings. The van der Waals surface area contributed by atoms with E-state index in [0.29, 0.717) is 10.9 Å². The molecule has 0 radical (unpaired) electrons. The van der Waals surface area contributed by atoms with Crippen LogP contribution in [-0.4, -0.2) is 26.8 Å². The number of carbonyl (C=O) groups is 1. The van der Waals surface area contributed by atoms with Gasteiger partial charge in [-0.3, -0.25) is 4.79 Å². The molecule has 2 aromatic heterocycles. The summed E-state index contributed by atoms with van der Waals surface area (Å²) in [6, 6.07) is 14.0. The Morgan fingerprint density at radius 2 is 1.94 bits per heavy atom. The molecule has 2 aromatic carbocycles. The molecule has 0 aliphatic heterocycles. The molecule has 4 rings (SSSR count). The van der Waals surface area contributed by atoms with Crippen molar-refractivity contribution in [2.24, 2.45) is 0 Å². The summed E-state index contributed by atoms with van der Waals surface area (Å²) in [7, 11) is 0. The quantitative estimate of drug-likeness (QED) is 0.262. The van der Waals surface area contributed by atoms with Gasteiger partial charge < -0.3 is 14.5 Å². The summed E-state index contributed by atoms with van der Waals surface area (Å²) in [6.07, 6.45) is 1.64. The summed E-state index contributed by atoms with van der Waals surface area (Å²) in [5, 5.41) is 13.4. The number of hydrogen-bond donors (Lipinski definition) is 1. The molecule has 0 saturated carbocycles. The standard InChI is InChI=1S/C24H23FN4O3S2/c1-3-4-16-5-7-17(8-6-16)20-13-33-23(26-20)27-21(30)14-34-24-29-28-22(32-24)15(2)31-19-11-9-18(25)10-12-19/h5-13,15H,3-4,14H2,1-2H3,(H,26,27,30)/t15-/m0/s1. The molecule has 10 heteroatoms. The maximum absolute atomic E-state index is 13.0. The van der Waals surface area contributed by atoms with Gasteiger partial charge in [0.05, 0.1) is 11.4 Å². The molecule has 0 spiro atoms. The van der Waals surface area contributed by atoms with Gasteiger partial charge in [0.25, 0.3) is 11.1 Å². The number of halogens is 1. The van der Waals surface area contributed by atoms with Crippen molar-refractivity contribution in [2.45, 2.75) is 38.0 Å². The SMILES string of the molecule is CCCc1ccc(-c2csc(NC(=O)CSc3nnc([C@H](C)Oc4ccc(F)cc4)o3)n2)cc1.